The molecule has 0 N–H and O–H groups in total. The topological polar surface area (TPSA) is 29.4 Å². The summed E-state index contributed by atoms with van der Waals surface area (Å²) in [7, 11) is 0. The van der Waals surface area contributed by atoms with Crippen LogP contribution in [0.3, 0.4) is 0 Å². The van der Waals surface area contributed by atoms with Gasteiger partial charge in [0.2, 0.25) is 5.78 Å². The fraction of sp³-hybridized carbons (Fsp3) is 0. The van der Waals surface area contributed by atoms with Crippen molar-refractivity contribution in [2.24, 2.45) is 4.40 Å². The van der Waals surface area contributed by atoms with E-state index in [4.69, 9.17) is 23.2 Å². The molecular formula is C16H9Cl2NOS. The first-order chi connectivity index (χ1) is 10.1. The van der Waals surface area contributed by atoms with Crippen LogP contribution in [-0.2, 0) is 0 Å². The lowest BCUT2D eigenvalue weighted by molar-refractivity contribution is 0.104. The molecule has 0 saturated carbocycles. The van der Waals surface area contributed by atoms with Gasteiger partial charge < -0.3 is 0 Å². The van der Waals surface area contributed by atoms with E-state index in [0.29, 0.717) is 16.3 Å². The van der Waals surface area contributed by atoms with Gasteiger partial charge in [0.05, 0.1) is 10.7 Å². The summed E-state index contributed by atoms with van der Waals surface area (Å²) in [6.45, 7) is 0. The predicted octanol–water partition coefficient (Wildman–Crippen LogP) is 5.16. The summed E-state index contributed by atoms with van der Waals surface area (Å²) in [6.07, 6.45) is 1.61. The summed E-state index contributed by atoms with van der Waals surface area (Å²) in [4.78, 5) is 13.0. The number of carbonyl (C=O) groups excluding carboxylic acids is 1. The Labute approximate surface area is 136 Å². The van der Waals surface area contributed by atoms with Crippen molar-refractivity contribution in [2.45, 2.75) is 4.90 Å². The molecule has 0 unspecified atom stereocenters. The number of Topliss-reactive ketones (excluding diaryl/α,β-unsaturated/α-hetero) is 1. The Balaban J connectivity index is 1.95. The SMILES string of the molecule is O=C1C(Cl)=C/C(=N\Sc2ccc(Cl)cc2)c2ccccc21. The van der Waals surface area contributed by atoms with Gasteiger partial charge in [0.1, 0.15) is 0 Å². The van der Waals surface area contributed by atoms with Crippen molar-refractivity contribution in [1.82, 2.24) is 0 Å². The maximum Gasteiger partial charge on any atom is 0.205 e. The van der Waals surface area contributed by atoms with Crippen molar-refractivity contribution in [3.8, 4) is 0 Å². The molecule has 0 atom stereocenters. The van der Waals surface area contributed by atoms with Crippen molar-refractivity contribution >= 4 is 46.6 Å². The Morgan fingerprint density at radius 3 is 2.29 bits per heavy atom. The fourth-order valence-electron chi connectivity index (χ4n) is 1.97. The second kappa shape index (κ2) is 6.06. The lowest BCUT2D eigenvalue weighted by Gasteiger charge is -2.13. The first kappa shape index (κ1) is 14.4. The molecule has 2 aromatic rings. The van der Waals surface area contributed by atoms with Crippen molar-refractivity contribution in [3.05, 3.63) is 75.8 Å². The van der Waals surface area contributed by atoms with Crippen molar-refractivity contribution in [3.63, 3.8) is 0 Å². The Morgan fingerprint density at radius 1 is 0.905 bits per heavy atom. The molecule has 0 aromatic heterocycles. The molecule has 0 saturated heterocycles. The van der Waals surface area contributed by atoms with E-state index in [1.54, 1.807) is 12.1 Å². The largest absolute Gasteiger partial charge is 0.288 e. The molecule has 5 heteroatoms. The molecule has 0 aliphatic heterocycles. The highest BCUT2D eigenvalue weighted by molar-refractivity contribution is 7.98. The number of ketones is 1. The lowest BCUT2D eigenvalue weighted by Crippen LogP contribution is -2.14. The van der Waals surface area contributed by atoms with E-state index in [1.807, 2.05) is 42.5 Å². The first-order valence-electron chi connectivity index (χ1n) is 6.17. The molecule has 2 aromatic carbocycles. The second-order valence-electron chi connectivity index (χ2n) is 4.39. The van der Waals surface area contributed by atoms with E-state index in [2.05, 4.69) is 4.40 Å². The number of rotatable bonds is 2. The first-order valence-corrected chi connectivity index (χ1v) is 7.70. The van der Waals surface area contributed by atoms with Gasteiger partial charge in [-0.2, -0.15) is 0 Å². The van der Waals surface area contributed by atoms with Crippen molar-refractivity contribution in [1.29, 1.82) is 0 Å². The average molecular weight is 334 g/mol. The van der Waals surface area contributed by atoms with E-state index in [9.17, 15) is 4.79 Å². The fourth-order valence-corrected chi connectivity index (χ4v) is 2.91. The van der Waals surface area contributed by atoms with Gasteiger partial charge >= 0.3 is 0 Å². The molecule has 1 aliphatic carbocycles. The van der Waals surface area contributed by atoms with Crippen LogP contribution in [0.25, 0.3) is 0 Å². The van der Waals surface area contributed by atoms with Crippen molar-refractivity contribution < 1.29 is 4.79 Å². The molecule has 0 radical (unpaired) electrons. The summed E-state index contributed by atoms with van der Waals surface area (Å²) in [6, 6.07) is 14.7. The number of nitrogens with zero attached hydrogens (tertiary/aromatic N) is 1. The van der Waals surface area contributed by atoms with Gasteiger partial charge in [-0.15, -0.1) is 0 Å². The van der Waals surface area contributed by atoms with Crippen LogP contribution in [0, 0.1) is 0 Å². The zero-order valence-electron chi connectivity index (χ0n) is 10.7. The zero-order valence-corrected chi connectivity index (χ0v) is 13.0. The van der Waals surface area contributed by atoms with Gasteiger partial charge in [-0.25, -0.2) is 4.40 Å². The molecule has 0 fully saturated rings. The number of hydrogen-bond acceptors (Lipinski definition) is 3. The van der Waals surface area contributed by atoms with Crippen LogP contribution in [0.2, 0.25) is 5.02 Å². The highest BCUT2D eigenvalue weighted by atomic mass is 35.5. The molecule has 0 amide bonds. The van der Waals surface area contributed by atoms with E-state index in [1.165, 1.54) is 11.9 Å². The Kier molecular flexibility index (Phi) is 4.15. The smallest absolute Gasteiger partial charge is 0.205 e. The highest BCUT2D eigenvalue weighted by Gasteiger charge is 2.22. The van der Waals surface area contributed by atoms with Crippen LogP contribution in [0.1, 0.15) is 15.9 Å². The minimum Gasteiger partial charge on any atom is -0.288 e. The predicted molar refractivity (Wildman–Crippen MR) is 88.6 cm³/mol. The Bertz CT molecular complexity index is 766. The molecule has 2 nitrogen and oxygen atoms in total. The van der Waals surface area contributed by atoms with Gasteiger partial charge in [0.15, 0.2) is 0 Å². The number of halogens is 2. The summed E-state index contributed by atoms with van der Waals surface area (Å²) < 4.78 is 4.49. The summed E-state index contributed by atoms with van der Waals surface area (Å²) in [5, 5.41) is 0.868. The minimum atomic E-state index is -0.164. The van der Waals surface area contributed by atoms with Crippen LogP contribution in [0.4, 0.5) is 0 Å². The van der Waals surface area contributed by atoms with Gasteiger partial charge in [0.25, 0.3) is 0 Å². The van der Waals surface area contributed by atoms with Gasteiger partial charge in [-0.05, 0) is 30.3 Å². The minimum absolute atomic E-state index is 0.164. The quantitative estimate of drug-likeness (QED) is 0.710. The maximum absolute atomic E-state index is 12.0. The third-order valence-electron chi connectivity index (χ3n) is 2.99. The van der Waals surface area contributed by atoms with E-state index >= 15 is 0 Å². The number of allylic oxidation sites excluding steroid dienone is 2. The molecule has 21 heavy (non-hydrogen) atoms. The van der Waals surface area contributed by atoms with Crippen LogP contribution in [0.5, 0.6) is 0 Å². The van der Waals surface area contributed by atoms with E-state index in [-0.39, 0.29) is 10.8 Å². The number of hydrogen-bond donors (Lipinski definition) is 0. The van der Waals surface area contributed by atoms with Crippen LogP contribution < -0.4 is 0 Å². The molecule has 0 heterocycles. The third kappa shape index (κ3) is 3.05. The van der Waals surface area contributed by atoms with Crippen LogP contribution in [-0.4, -0.2) is 11.5 Å². The molecular weight excluding hydrogens is 325 g/mol. The summed E-state index contributed by atoms with van der Waals surface area (Å²) >= 11 is 13.2. The summed E-state index contributed by atoms with van der Waals surface area (Å²) in [5.74, 6) is -0.164. The normalized spacial score (nSPS) is 15.8. The number of fused-ring (bicyclic) bond motifs is 1. The molecule has 3 rings (SSSR count). The Morgan fingerprint density at radius 2 is 1.57 bits per heavy atom. The van der Waals surface area contributed by atoms with Gasteiger partial charge in [0, 0.05) is 33.0 Å². The third-order valence-corrected chi connectivity index (χ3v) is 4.29. The molecule has 0 spiro atoms. The number of benzene rings is 2. The lowest BCUT2D eigenvalue weighted by atomic mass is 9.94. The molecule has 0 bridgehead atoms. The zero-order chi connectivity index (χ0) is 14.8. The Hall–Kier alpha value is -1.55. The standard InChI is InChI=1S/C16H9Cl2NOS/c17-10-5-7-11(8-6-10)21-19-15-9-14(18)16(20)13-4-2-1-3-12(13)15/h1-9H/b19-15+. The summed E-state index contributed by atoms with van der Waals surface area (Å²) in [5.41, 5.74) is 2.07. The molecule has 104 valence electrons. The molecule has 1 aliphatic rings. The second-order valence-corrected chi connectivity index (χ2v) is 6.07. The van der Waals surface area contributed by atoms with Gasteiger partial charge in [-0.3, -0.25) is 4.79 Å². The number of carbonyl (C=O) groups is 1. The van der Waals surface area contributed by atoms with Gasteiger partial charge in [-0.1, -0.05) is 47.5 Å². The van der Waals surface area contributed by atoms with E-state index in [0.717, 1.165) is 10.5 Å². The van der Waals surface area contributed by atoms with Crippen molar-refractivity contribution in [2.75, 3.05) is 0 Å². The monoisotopic (exact) mass is 333 g/mol. The average Bonchev–Trinajstić information content (AvgIpc) is 2.51. The van der Waals surface area contributed by atoms with Crippen LogP contribution >= 0.6 is 35.1 Å². The van der Waals surface area contributed by atoms with Crippen LogP contribution in [0.15, 0.2) is 68.9 Å². The van der Waals surface area contributed by atoms with E-state index < -0.39 is 0 Å². The highest BCUT2D eigenvalue weighted by Crippen LogP contribution is 2.27. The maximum atomic E-state index is 12.0.